The van der Waals surface area contributed by atoms with Crippen molar-refractivity contribution in [2.75, 3.05) is 0 Å². The molecule has 0 amide bonds. The van der Waals surface area contributed by atoms with Crippen LogP contribution in [0, 0.1) is 0 Å². The van der Waals surface area contributed by atoms with Crippen molar-refractivity contribution in [2.45, 2.75) is 6.61 Å². The van der Waals surface area contributed by atoms with Gasteiger partial charge in [0, 0.05) is 0 Å². The van der Waals surface area contributed by atoms with Gasteiger partial charge in [0.25, 0.3) is 0 Å². The van der Waals surface area contributed by atoms with E-state index in [-0.39, 0.29) is 23.7 Å². The fourth-order valence-corrected chi connectivity index (χ4v) is 1.71. The maximum Gasteiger partial charge on any atom is 0.445 e. The van der Waals surface area contributed by atoms with Crippen LogP contribution < -0.4 is 10.5 Å². The lowest BCUT2D eigenvalue weighted by Crippen LogP contribution is -2.15. The molecule has 1 aromatic carbocycles. The summed E-state index contributed by atoms with van der Waals surface area (Å²) in [6.45, 7) is 0.243. The summed E-state index contributed by atoms with van der Waals surface area (Å²) in [7, 11) is 0. The molecule has 0 atom stereocenters. The van der Waals surface area contributed by atoms with Crippen LogP contribution in [0.4, 0.5) is 0 Å². The van der Waals surface area contributed by atoms with Gasteiger partial charge in [0.2, 0.25) is 0 Å². The van der Waals surface area contributed by atoms with Gasteiger partial charge in [-0.1, -0.05) is 47.0 Å². The lowest BCUT2D eigenvalue weighted by atomic mass is 10.2. The maximum atomic E-state index is 11.7. The molecule has 8 heteroatoms. The normalized spacial score (nSPS) is 10.5. The molecule has 0 N–H and O–H groups in total. The van der Waals surface area contributed by atoms with Gasteiger partial charge in [-0.05, 0) is 17.7 Å². The second-order valence-electron chi connectivity index (χ2n) is 4.03. The Balaban J connectivity index is 1.78. The summed E-state index contributed by atoms with van der Waals surface area (Å²) in [6.07, 6.45) is -0.138. The number of nitrogens with zero attached hydrogens (tertiary/aromatic N) is 4. The van der Waals surface area contributed by atoms with Crippen LogP contribution in [0.2, 0.25) is 5.15 Å². The Morgan fingerprint density at radius 1 is 1.14 bits per heavy atom. The van der Waals surface area contributed by atoms with Crippen molar-refractivity contribution < 1.29 is 9.15 Å². The molecular weight excluding hydrogens is 296 g/mol. The summed E-state index contributed by atoms with van der Waals surface area (Å²) in [5.41, 5.74) is 0.931. The van der Waals surface area contributed by atoms with Crippen LogP contribution in [-0.4, -0.2) is 20.0 Å². The third kappa shape index (κ3) is 3.09. The SMILES string of the molecule is O=c1oc(OCc2ccccc2)nn1-c1ccc(Cl)nn1. The van der Waals surface area contributed by atoms with Gasteiger partial charge in [-0.15, -0.1) is 14.9 Å². The topological polar surface area (TPSA) is 83.0 Å². The molecule has 21 heavy (non-hydrogen) atoms. The second kappa shape index (κ2) is 5.76. The average molecular weight is 305 g/mol. The Morgan fingerprint density at radius 3 is 2.67 bits per heavy atom. The minimum atomic E-state index is -0.713. The van der Waals surface area contributed by atoms with Crippen LogP contribution in [0.5, 0.6) is 6.08 Å². The standard InChI is InChI=1S/C13H9ClN4O3/c14-10-6-7-11(16-15-10)18-13(19)21-12(17-18)20-8-9-4-2-1-3-5-9/h1-7H,8H2. The third-order valence-electron chi connectivity index (χ3n) is 2.57. The van der Waals surface area contributed by atoms with Crippen molar-refractivity contribution in [3.05, 3.63) is 63.7 Å². The molecule has 0 aliphatic heterocycles. The van der Waals surface area contributed by atoms with Crippen LogP contribution in [0.25, 0.3) is 5.82 Å². The number of hydrogen-bond acceptors (Lipinski definition) is 6. The van der Waals surface area contributed by atoms with Gasteiger partial charge < -0.3 is 9.15 Å². The first-order chi connectivity index (χ1) is 10.2. The average Bonchev–Trinajstić information content (AvgIpc) is 2.88. The monoisotopic (exact) mass is 304 g/mol. The van der Waals surface area contributed by atoms with Gasteiger partial charge in [0.1, 0.15) is 6.61 Å². The molecule has 0 spiro atoms. The fourth-order valence-electron chi connectivity index (χ4n) is 1.61. The van der Waals surface area contributed by atoms with E-state index in [9.17, 15) is 4.79 Å². The van der Waals surface area contributed by atoms with E-state index in [0.717, 1.165) is 10.2 Å². The summed E-state index contributed by atoms with van der Waals surface area (Å²) in [4.78, 5) is 11.7. The lowest BCUT2D eigenvalue weighted by Gasteiger charge is -1.99. The Morgan fingerprint density at radius 2 is 1.95 bits per heavy atom. The molecule has 0 aliphatic carbocycles. The molecule has 0 aliphatic rings. The van der Waals surface area contributed by atoms with Gasteiger partial charge in [-0.25, -0.2) is 4.79 Å². The molecule has 106 valence electrons. The highest BCUT2D eigenvalue weighted by Crippen LogP contribution is 2.10. The highest BCUT2D eigenvalue weighted by molar-refractivity contribution is 6.29. The maximum absolute atomic E-state index is 11.7. The van der Waals surface area contributed by atoms with E-state index >= 15 is 0 Å². The minimum Gasteiger partial charge on any atom is -0.444 e. The molecule has 0 bridgehead atoms. The van der Waals surface area contributed by atoms with Crippen molar-refractivity contribution in [1.82, 2.24) is 20.0 Å². The van der Waals surface area contributed by atoms with Crippen LogP contribution in [-0.2, 0) is 6.61 Å². The third-order valence-corrected chi connectivity index (χ3v) is 2.77. The zero-order valence-corrected chi connectivity index (χ0v) is 11.4. The molecule has 3 rings (SSSR count). The van der Waals surface area contributed by atoms with Gasteiger partial charge >= 0.3 is 11.8 Å². The molecular formula is C13H9ClN4O3. The number of ether oxygens (including phenoxy) is 1. The van der Waals surface area contributed by atoms with Gasteiger partial charge in [0.05, 0.1) is 0 Å². The lowest BCUT2D eigenvalue weighted by molar-refractivity contribution is 0.215. The van der Waals surface area contributed by atoms with Crippen molar-refractivity contribution in [3.8, 4) is 11.9 Å². The molecule has 7 nitrogen and oxygen atoms in total. The van der Waals surface area contributed by atoms with Crippen molar-refractivity contribution in [2.24, 2.45) is 0 Å². The smallest absolute Gasteiger partial charge is 0.444 e. The van der Waals surface area contributed by atoms with E-state index in [2.05, 4.69) is 15.3 Å². The highest BCUT2D eigenvalue weighted by atomic mass is 35.5. The van der Waals surface area contributed by atoms with Gasteiger partial charge in [-0.3, -0.25) is 0 Å². The number of aromatic nitrogens is 4. The first-order valence-corrected chi connectivity index (χ1v) is 6.37. The number of rotatable bonds is 4. The summed E-state index contributed by atoms with van der Waals surface area (Å²) in [5, 5.41) is 11.5. The molecule has 0 unspecified atom stereocenters. The summed E-state index contributed by atoms with van der Waals surface area (Å²) in [5.74, 6) is -0.516. The first-order valence-electron chi connectivity index (χ1n) is 5.99. The summed E-state index contributed by atoms with van der Waals surface area (Å²) in [6, 6.07) is 12.4. The predicted octanol–water partition coefficient (Wildman–Crippen LogP) is 1.85. The van der Waals surface area contributed by atoms with Crippen molar-refractivity contribution >= 4 is 11.6 Å². The van der Waals surface area contributed by atoms with Crippen LogP contribution >= 0.6 is 11.6 Å². The Labute approximate surface area is 123 Å². The number of halogens is 1. The minimum absolute atomic E-state index is 0.138. The van der Waals surface area contributed by atoms with Crippen molar-refractivity contribution in [1.29, 1.82) is 0 Å². The molecule has 0 saturated heterocycles. The van der Waals surface area contributed by atoms with E-state index in [1.165, 1.54) is 12.1 Å². The van der Waals surface area contributed by atoms with Crippen LogP contribution in [0.1, 0.15) is 5.56 Å². The number of benzene rings is 1. The zero-order chi connectivity index (χ0) is 14.7. The van der Waals surface area contributed by atoms with Crippen LogP contribution in [0.3, 0.4) is 0 Å². The quantitative estimate of drug-likeness (QED) is 0.731. The zero-order valence-electron chi connectivity index (χ0n) is 10.6. The summed E-state index contributed by atoms with van der Waals surface area (Å²) >= 11 is 5.63. The molecule has 0 fully saturated rings. The summed E-state index contributed by atoms with van der Waals surface area (Å²) < 4.78 is 11.2. The van der Waals surface area contributed by atoms with E-state index in [4.69, 9.17) is 20.8 Å². The van der Waals surface area contributed by atoms with Crippen LogP contribution in [0.15, 0.2) is 51.7 Å². The fraction of sp³-hybridized carbons (Fsp3) is 0.0769. The molecule has 3 aromatic rings. The Bertz CT molecular complexity index is 783. The Hall–Kier alpha value is -2.67. The van der Waals surface area contributed by atoms with Crippen molar-refractivity contribution in [3.63, 3.8) is 0 Å². The molecule has 0 saturated carbocycles. The second-order valence-corrected chi connectivity index (χ2v) is 4.42. The van der Waals surface area contributed by atoms with E-state index in [1.807, 2.05) is 30.3 Å². The predicted molar refractivity (Wildman–Crippen MR) is 73.5 cm³/mol. The van der Waals surface area contributed by atoms with E-state index < -0.39 is 5.76 Å². The van der Waals surface area contributed by atoms with E-state index in [0.29, 0.717) is 0 Å². The van der Waals surface area contributed by atoms with Gasteiger partial charge in [0.15, 0.2) is 11.0 Å². The first kappa shape index (κ1) is 13.3. The van der Waals surface area contributed by atoms with Gasteiger partial charge in [-0.2, -0.15) is 0 Å². The molecule has 2 heterocycles. The number of hydrogen-bond donors (Lipinski definition) is 0. The highest BCUT2D eigenvalue weighted by Gasteiger charge is 2.12. The van der Waals surface area contributed by atoms with E-state index in [1.54, 1.807) is 0 Å². The molecule has 2 aromatic heterocycles. The molecule has 0 radical (unpaired) electrons. The Kier molecular flexibility index (Phi) is 3.65. The largest absolute Gasteiger partial charge is 0.445 e.